The quantitative estimate of drug-likeness (QED) is 0.788. The second kappa shape index (κ2) is 6.67. The molecule has 0 aromatic carbocycles. The summed E-state index contributed by atoms with van der Waals surface area (Å²) >= 11 is 3.68. The van der Waals surface area contributed by atoms with E-state index < -0.39 is 6.04 Å². The minimum Gasteiger partial charge on any atom is -0.378 e. The summed E-state index contributed by atoms with van der Waals surface area (Å²) in [5.41, 5.74) is 0.607. The number of amides is 2. The molecule has 0 bridgehead atoms. The summed E-state index contributed by atoms with van der Waals surface area (Å²) < 4.78 is 6.25. The van der Waals surface area contributed by atoms with Gasteiger partial charge < -0.3 is 15.0 Å². The Kier molecular flexibility index (Phi) is 5.17. The van der Waals surface area contributed by atoms with E-state index in [9.17, 15) is 9.59 Å². The summed E-state index contributed by atoms with van der Waals surface area (Å²) in [6.07, 6.45) is 0. The summed E-state index contributed by atoms with van der Waals surface area (Å²) in [5.74, 6) is -0.255. The molecule has 2 rings (SSSR count). The lowest BCUT2D eigenvalue weighted by Gasteiger charge is -2.29. The van der Waals surface area contributed by atoms with Crippen LogP contribution in [-0.2, 0) is 9.53 Å². The molecule has 19 heavy (non-hydrogen) atoms. The van der Waals surface area contributed by atoms with Crippen LogP contribution in [-0.4, -0.2) is 49.1 Å². The van der Waals surface area contributed by atoms with Gasteiger partial charge in [-0.25, -0.2) is 0 Å². The molecular formula is C12H15IN2O3S. The van der Waals surface area contributed by atoms with Gasteiger partial charge in [0.2, 0.25) is 5.91 Å². The molecule has 1 fully saturated rings. The highest BCUT2D eigenvalue weighted by molar-refractivity contribution is 14.1. The Morgan fingerprint density at radius 1 is 1.47 bits per heavy atom. The number of morpholine rings is 1. The summed E-state index contributed by atoms with van der Waals surface area (Å²) in [7, 11) is 0. The number of thiophene rings is 1. The molecule has 0 spiro atoms. The summed E-state index contributed by atoms with van der Waals surface area (Å²) in [4.78, 5) is 25.8. The molecule has 1 aliphatic rings. The number of carbonyl (C=O) groups excluding carboxylic acids is 2. The number of rotatable bonds is 3. The number of ether oxygens (including phenoxy) is 1. The van der Waals surface area contributed by atoms with Crippen molar-refractivity contribution in [2.75, 3.05) is 26.3 Å². The molecule has 0 radical (unpaired) electrons. The third-order valence-electron chi connectivity index (χ3n) is 2.87. The average molecular weight is 394 g/mol. The van der Waals surface area contributed by atoms with Crippen LogP contribution in [0.3, 0.4) is 0 Å². The highest BCUT2D eigenvalue weighted by Gasteiger charge is 2.24. The maximum atomic E-state index is 12.1. The molecule has 1 aliphatic heterocycles. The monoisotopic (exact) mass is 394 g/mol. The van der Waals surface area contributed by atoms with Crippen LogP contribution in [0.1, 0.15) is 17.3 Å². The molecule has 0 saturated carbocycles. The number of nitrogens with zero attached hydrogens (tertiary/aromatic N) is 1. The zero-order chi connectivity index (χ0) is 13.8. The number of hydrogen-bond acceptors (Lipinski definition) is 4. The molecule has 1 unspecified atom stereocenters. The fourth-order valence-electron chi connectivity index (χ4n) is 1.83. The summed E-state index contributed by atoms with van der Waals surface area (Å²) in [6, 6.07) is 1.30. The number of halogens is 1. The van der Waals surface area contributed by atoms with Crippen molar-refractivity contribution in [1.29, 1.82) is 0 Å². The van der Waals surface area contributed by atoms with Crippen LogP contribution in [0.4, 0.5) is 0 Å². The van der Waals surface area contributed by atoms with Crippen molar-refractivity contribution in [1.82, 2.24) is 10.2 Å². The fraction of sp³-hybridized carbons (Fsp3) is 0.500. The van der Waals surface area contributed by atoms with Gasteiger partial charge in [0.15, 0.2) is 0 Å². The number of hydrogen-bond donors (Lipinski definition) is 1. The van der Waals surface area contributed by atoms with E-state index in [1.807, 2.05) is 6.07 Å². The third kappa shape index (κ3) is 3.90. The Bertz CT molecular complexity index is 471. The van der Waals surface area contributed by atoms with E-state index in [1.54, 1.807) is 17.2 Å². The minimum atomic E-state index is -0.511. The molecule has 1 N–H and O–H groups in total. The van der Waals surface area contributed by atoms with E-state index in [-0.39, 0.29) is 11.8 Å². The van der Waals surface area contributed by atoms with Gasteiger partial charge in [0.1, 0.15) is 6.04 Å². The van der Waals surface area contributed by atoms with E-state index in [0.717, 1.165) is 2.88 Å². The maximum Gasteiger partial charge on any atom is 0.252 e. The topological polar surface area (TPSA) is 58.6 Å². The second-order valence-electron chi connectivity index (χ2n) is 4.27. The Morgan fingerprint density at radius 3 is 2.74 bits per heavy atom. The van der Waals surface area contributed by atoms with Crippen LogP contribution in [0.2, 0.25) is 0 Å². The van der Waals surface area contributed by atoms with Gasteiger partial charge in [-0.3, -0.25) is 9.59 Å². The standard InChI is InChI=1S/C12H15IN2O3S/c1-8(12(17)15-2-4-18-5-3-15)14-11(16)9-6-10(13)19-7-9/h6-8H,2-5H2,1H3,(H,14,16). The van der Waals surface area contributed by atoms with E-state index in [4.69, 9.17) is 4.74 Å². The van der Waals surface area contributed by atoms with Crippen LogP contribution in [0.15, 0.2) is 11.4 Å². The molecule has 1 atom stereocenters. The lowest BCUT2D eigenvalue weighted by atomic mass is 10.2. The first kappa shape index (κ1) is 14.7. The Hall–Kier alpha value is -0.670. The lowest BCUT2D eigenvalue weighted by molar-refractivity contribution is -0.136. The molecule has 1 aromatic rings. The predicted molar refractivity (Wildman–Crippen MR) is 81.4 cm³/mol. The van der Waals surface area contributed by atoms with Gasteiger partial charge in [0.25, 0.3) is 5.91 Å². The molecule has 0 aliphatic carbocycles. The lowest BCUT2D eigenvalue weighted by Crippen LogP contribution is -2.50. The van der Waals surface area contributed by atoms with Gasteiger partial charge in [-0.05, 0) is 35.6 Å². The van der Waals surface area contributed by atoms with E-state index in [0.29, 0.717) is 31.9 Å². The smallest absolute Gasteiger partial charge is 0.252 e. The van der Waals surface area contributed by atoms with Crippen LogP contribution in [0.25, 0.3) is 0 Å². The molecule has 104 valence electrons. The molecule has 7 heteroatoms. The van der Waals surface area contributed by atoms with Crippen LogP contribution < -0.4 is 5.32 Å². The fourth-order valence-corrected chi connectivity index (χ4v) is 3.15. The first-order valence-corrected chi connectivity index (χ1v) is 7.95. The van der Waals surface area contributed by atoms with Crippen LogP contribution in [0, 0.1) is 2.88 Å². The Balaban J connectivity index is 1.91. The molecule has 1 saturated heterocycles. The zero-order valence-electron chi connectivity index (χ0n) is 10.5. The molecule has 2 heterocycles. The van der Waals surface area contributed by atoms with Gasteiger partial charge in [-0.15, -0.1) is 11.3 Å². The van der Waals surface area contributed by atoms with Gasteiger partial charge >= 0.3 is 0 Å². The van der Waals surface area contributed by atoms with E-state index in [2.05, 4.69) is 27.9 Å². The third-order valence-corrected chi connectivity index (χ3v) is 4.66. The Morgan fingerprint density at radius 2 is 2.16 bits per heavy atom. The van der Waals surface area contributed by atoms with Gasteiger partial charge in [0.05, 0.1) is 21.7 Å². The largest absolute Gasteiger partial charge is 0.378 e. The molecule has 5 nitrogen and oxygen atoms in total. The highest BCUT2D eigenvalue weighted by atomic mass is 127. The maximum absolute atomic E-state index is 12.1. The van der Waals surface area contributed by atoms with Crippen molar-refractivity contribution in [3.05, 3.63) is 19.9 Å². The first-order valence-electron chi connectivity index (χ1n) is 5.99. The average Bonchev–Trinajstić information content (AvgIpc) is 2.85. The van der Waals surface area contributed by atoms with Gasteiger partial charge in [-0.1, -0.05) is 0 Å². The molecule has 1 aromatic heterocycles. The zero-order valence-corrected chi connectivity index (χ0v) is 13.5. The van der Waals surface area contributed by atoms with Crippen LogP contribution in [0.5, 0.6) is 0 Å². The minimum absolute atomic E-state index is 0.0541. The Labute approximate surface area is 129 Å². The molecular weight excluding hydrogens is 379 g/mol. The van der Waals surface area contributed by atoms with Gasteiger partial charge in [-0.2, -0.15) is 0 Å². The van der Waals surface area contributed by atoms with Gasteiger partial charge in [0, 0.05) is 18.5 Å². The van der Waals surface area contributed by atoms with E-state index >= 15 is 0 Å². The summed E-state index contributed by atoms with van der Waals surface area (Å²) in [5, 5.41) is 4.53. The second-order valence-corrected chi connectivity index (χ2v) is 7.08. The normalized spacial score (nSPS) is 17.1. The predicted octanol–water partition coefficient (Wildman–Crippen LogP) is 1.33. The van der Waals surface area contributed by atoms with Crippen LogP contribution >= 0.6 is 33.9 Å². The van der Waals surface area contributed by atoms with Crippen molar-refractivity contribution < 1.29 is 14.3 Å². The SMILES string of the molecule is CC(NC(=O)c1csc(I)c1)C(=O)N1CCOCC1. The summed E-state index contributed by atoms with van der Waals surface area (Å²) in [6.45, 7) is 4.03. The number of carbonyl (C=O) groups is 2. The van der Waals surface area contributed by atoms with Crippen molar-refractivity contribution >= 4 is 45.7 Å². The van der Waals surface area contributed by atoms with E-state index in [1.165, 1.54) is 11.3 Å². The first-order chi connectivity index (χ1) is 9.08. The number of nitrogens with one attached hydrogen (secondary N) is 1. The van der Waals surface area contributed by atoms with Crippen molar-refractivity contribution in [3.63, 3.8) is 0 Å². The van der Waals surface area contributed by atoms with Crippen molar-refractivity contribution in [2.24, 2.45) is 0 Å². The highest BCUT2D eigenvalue weighted by Crippen LogP contribution is 2.16. The van der Waals surface area contributed by atoms with Crippen molar-refractivity contribution in [3.8, 4) is 0 Å². The molecule has 2 amide bonds. The van der Waals surface area contributed by atoms with Crippen molar-refractivity contribution in [2.45, 2.75) is 13.0 Å².